The van der Waals surface area contributed by atoms with Crippen molar-refractivity contribution in [2.45, 2.75) is 53.4 Å². The highest BCUT2D eigenvalue weighted by atomic mass is 16.3. The third-order valence-corrected chi connectivity index (χ3v) is 4.82. The molecule has 4 heteroatoms. The number of aromatic hydroxyl groups is 1. The molecule has 0 radical (unpaired) electrons. The van der Waals surface area contributed by atoms with Crippen LogP contribution in [0.5, 0.6) is 5.75 Å². The smallest absolute Gasteiger partial charge is 0.146 e. The number of benzene rings is 2. The summed E-state index contributed by atoms with van der Waals surface area (Å²) < 4.78 is 0. The second-order valence-electron chi connectivity index (χ2n) is 7.91. The molecule has 0 bridgehead atoms. The molecule has 1 aromatic heterocycles. The normalized spacial score (nSPS) is 11.8. The van der Waals surface area contributed by atoms with E-state index in [1.807, 2.05) is 30.3 Å². The number of phenols is 1. The van der Waals surface area contributed by atoms with Gasteiger partial charge in [-0.2, -0.15) is 0 Å². The predicted molar refractivity (Wildman–Crippen MR) is 107 cm³/mol. The minimum absolute atomic E-state index is 0.326. The molecule has 2 aromatic carbocycles. The van der Waals surface area contributed by atoms with E-state index in [-0.39, 0.29) is 0 Å². The second-order valence-corrected chi connectivity index (χ2v) is 7.91. The maximum atomic E-state index is 11.0. The topological polar surface area (TPSA) is 50.9 Å². The van der Waals surface area contributed by atoms with Gasteiger partial charge >= 0.3 is 0 Å². The molecular weight excluding hydrogens is 322 g/mol. The first-order valence-electron chi connectivity index (χ1n) is 9.62. The maximum absolute atomic E-state index is 11.0. The SMILES string of the molecule is CC(C)CCc1ccc(-n2nc3ccccc3n2)c(O)c1CCC(C)C. The van der Waals surface area contributed by atoms with Crippen LogP contribution < -0.4 is 0 Å². The lowest BCUT2D eigenvalue weighted by atomic mass is 9.93. The van der Waals surface area contributed by atoms with Crippen LogP contribution in [-0.2, 0) is 12.8 Å². The zero-order chi connectivity index (χ0) is 18.7. The molecule has 0 unspecified atom stereocenters. The van der Waals surface area contributed by atoms with Gasteiger partial charge in [0.05, 0.1) is 0 Å². The molecule has 138 valence electrons. The summed E-state index contributed by atoms with van der Waals surface area (Å²) in [5, 5.41) is 20.1. The predicted octanol–water partition coefficient (Wildman–Crippen LogP) is 5.30. The molecule has 0 saturated heterocycles. The van der Waals surface area contributed by atoms with Crippen molar-refractivity contribution in [3.63, 3.8) is 0 Å². The molecule has 0 aliphatic rings. The van der Waals surface area contributed by atoms with Gasteiger partial charge in [0, 0.05) is 0 Å². The summed E-state index contributed by atoms with van der Waals surface area (Å²) in [5.74, 6) is 1.57. The fourth-order valence-corrected chi connectivity index (χ4v) is 3.18. The van der Waals surface area contributed by atoms with Crippen LogP contribution in [-0.4, -0.2) is 20.1 Å². The lowest BCUT2D eigenvalue weighted by Crippen LogP contribution is -2.05. The molecule has 1 heterocycles. The van der Waals surface area contributed by atoms with E-state index in [1.165, 1.54) is 5.56 Å². The van der Waals surface area contributed by atoms with E-state index in [0.717, 1.165) is 42.3 Å². The van der Waals surface area contributed by atoms with Crippen molar-refractivity contribution >= 4 is 11.0 Å². The Hall–Kier alpha value is -2.36. The highest BCUT2D eigenvalue weighted by Crippen LogP contribution is 2.32. The summed E-state index contributed by atoms with van der Waals surface area (Å²) in [7, 11) is 0. The molecule has 26 heavy (non-hydrogen) atoms. The summed E-state index contributed by atoms with van der Waals surface area (Å²) in [4.78, 5) is 1.56. The third-order valence-electron chi connectivity index (χ3n) is 4.82. The molecule has 0 saturated carbocycles. The van der Waals surface area contributed by atoms with Gasteiger partial charge in [0.1, 0.15) is 22.5 Å². The molecular formula is C22H29N3O. The number of phenolic OH excluding ortho intramolecular Hbond substituents is 1. The third kappa shape index (κ3) is 4.06. The lowest BCUT2D eigenvalue weighted by Gasteiger charge is -2.16. The van der Waals surface area contributed by atoms with Crippen molar-refractivity contribution in [1.29, 1.82) is 0 Å². The average Bonchev–Trinajstić information content (AvgIpc) is 3.02. The van der Waals surface area contributed by atoms with Crippen LogP contribution in [0.4, 0.5) is 0 Å². The van der Waals surface area contributed by atoms with E-state index in [4.69, 9.17) is 0 Å². The van der Waals surface area contributed by atoms with Gasteiger partial charge in [0.25, 0.3) is 0 Å². The Morgan fingerprint density at radius 3 is 2.00 bits per heavy atom. The van der Waals surface area contributed by atoms with Gasteiger partial charge in [0.15, 0.2) is 0 Å². The van der Waals surface area contributed by atoms with Crippen LogP contribution in [0, 0.1) is 11.8 Å². The van der Waals surface area contributed by atoms with Gasteiger partial charge in [-0.25, -0.2) is 0 Å². The molecule has 0 atom stereocenters. The Bertz CT molecular complexity index is 847. The van der Waals surface area contributed by atoms with Gasteiger partial charge in [-0.1, -0.05) is 45.9 Å². The Labute approximate surface area is 155 Å². The van der Waals surface area contributed by atoms with Gasteiger partial charge in [0.2, 0.25) is 0 Å². The molecule has 4 nitrogen and oxygen atoms in total. The van der Waals surface area contributed by atoms with E-state index in [9.17, 15) is 5.11 Å². The minimum atomic E-state index is 0.326. The summed E-state index contributed by atoms with van der Waals surface area (Å²) in [6, 6.07) is 11.9. The second kappa shape index (κ2) is 7.90. The minimum Gasteiger partial charge on any atom is -0.505 e. The van der Waals surface area contributed by atoms with E-state index in [1.54, 1.807) is 4.80 Å². The molecule has 1 N–H and O–H groups in total. The van der Waals surface area contributed by atoms with Crippen LogP contribution in [0.1, 0.15) is 51.7 Å². The van der Waals surface area contributed by atoms with Gasteiger partial charge in [-0.3, -0.25) is 0 Å². The Balaban J connectivity index is 2.01. The lowest BCUT2D eigenvalue weighted by molar-refractivity contribution is 0.454. The fraction of sp³-hybridized carbons (Fsp3) is 0.455. The Kier molecular flexibility index (Phi) is 5.60. The van der Waals surface area contributed by atoms with E-state index in [2.05, 4.69) is 44.0 Å². The molecule has 3 rings (SSSR count). The first kappa shape index (κ1) is 18.4. The summed E-state index contributed by atoms with van der Waals surface area (Å²) in [6.45, 7) is 8.91. The molecule has 0 amide bonds. The standard InChI is InChI=1S/C22H29N3O/c1-15(2)9-11-17-12-14-21(22(26)18(17)13-10-16(3)4)25-23-19-7-5-6-8-20(19)24-25/h5-8,12,14-16,26H,9-11,13H2,1-4H3. The number of aryl methyl sites for hydroxylation is 1. The van der Waals surface area contributed by atoms with Crippen LogP contribution in [0.25, 0.3) is 16.7 Å². The highest BCUT2D eigenvalue weighted by Gasteiger charge is 2.16. The molecule has 3 aromatic rings. The van der Waals surface area contributed by atoms with Crippen molar-refractivity contribution in [1.82, 2.24) is 15.0 Å². The van der Waals surface area contributed by atoms with Gasteiger partial charge < -0.3 is 5.11 Å². The van der Waals surface area contributed by atoms with Crippen molar-refractivity contribution in [2.75, 3.05) is 0 Å². The Morgan fingerprint density at radius 1 is 0.846 bits per heavy atom. The number of hydrogen-bond acceptors (Lipinski definition) is 3. The van der Waals surface area contributed by atoms with Crippen molar-refractivity contribution in [2.24, 2.45) is 11.8 Å². The number of hydrogen-bond donors (Lipinski definition) is 1. The zero-order valence-corrected chi connectivity index (χ0v) is 16.2. The number of aromatic nitrogens is 3. The van der Waals surface area contributed by atoms with E-state index < -0.39 is 0 Å². The highest BCUT2D eigenvalue weighted by molar-refractivity contribution is 5.73. The van der Waals surface area contributed by atoms with Crippen LogP contribution in [0.15, 0.2) is 36.4 Å². The molecule has 0 fully saturated rings. The number of nitrogens with zero attached hydrogens (tertiary/aromatic N) is 3. The van der Waals surface area contributed by atoms with Crippen molar-refractivity contribution in [3.05, 3.63) is 47.5 Å². The fourth-order valence-electron chi connectivity index (χ4n) is 3.18. The van der Waals surface area contributed by atoms with Crippen molar-refractivity contribution in [3.8, 4) is 11.4 Å². The quantitative estimate of drug-likeness (QED) is 0.628. The Morgan fingerprint density at radius 2 is 1.42 bits per heavy atom. The van der Waals surface area contributed by atoms with Crippen LogP contribution in [0.3, 0.4) is 0 Å². The van der Waals surface area contributed by atoms with E-state index >= 15 is 0 Å². The average molecular weight is 351 g/mol. The summed E-state index contributed by atoms with van der Waals surface area (Å²) >= 11 is 0. The van der Waals surface area contributed by atoms with Gasteiger partial charge in [-0.05, 0) is 66.8 Å². The van der Waals surface area contributed by atoms with Crippen LogP contribution >= 0.6 is 0 Å². The zero-order valence-electron chi connectivity index (χ0n) is 16.2. The first-order chi connectivity index (χ1) is 12.5. The molecule has 0 spiro atoms. The van der Waals surface area contributed by atoms with E-state index in [0.29, 0.717) is 23.3 Å². The van der Waals surface area contributed by atoms with Crippen LogP contribution in [0.2, 0.25) is 0 Å². The van der Waals surface area contributed by atoms with Gasteiger partial charge in [-0.15, -0.1) is 15.0 Å². The largest absolute Gasteiger partial charge is 0.505 e. The summed E-state index contributed by atoms with van der Waals surface area (Å²) in [5.41, 5.74) is 4.63. The monoisotopic (exact) mass is 351 g/mol. The van der Waals surface area contributed by atoms with Crippen molar-refractivity contribution < 1.29 is 5.11 Å². The number of fused-ring (bicyclic) bond motifs is 1. The molecule has 0 aliphatic heterocycles. The first-order valence-corrected chi connectivity index (χ1v) is 9.62. The number of rotatable bonds is 7. The maximum Gasteiger partial charge on any atom is 0.146 e. The molecule has 0 aliphatic carbocycles. The summed E-state index contributed by atoms with van der Waals surface area (Å²) in [6.07, 6.45) is 4.05.